The Morgan fingerprint density at radius 3 is 2.74 bits per heavy atom. The first-order valence-corrected chi connectivity index (χ1v) is 8.18. The molecule has 0 spiro atoms. The minimum atomic E-state index is -0.357. The predicted octanol–water partition coefficient (Wildman–Crippen LogP) is 2.00. The van der Waals surface area contributed by atoms with E-state index in [1.807, 2.05) is 0 Å². The van der Waals surface area contributed by atoms with E-state index in [9.17, 15) is 9.59 Å². The molecular weight excluding hydrogens is 296 g/mol. The monoisotopic (exact) mass is 316 g/mol. The minimum Gasteiger partial charge on any atom is -0.454 e. The highest BCUT2D eigenvalue weighted by Crippen LogP contribution is 2.49. The van der Waals surface area contributed by atoms with E-state index in [1.54, 1.807) is 18.2 Å². The number of rotatable bonds is 3. The highest BCUT2D eigenvalue weighted by Gasteiger charge is 2.40. The van der Waals surface area contributed by atoms with Gasteiger partial charge in [-0.3, -0.25) is 20.4 Å². The van der Waals surface area contributed by atoms with Crippen LogP contribution in [0, 0.1) is 17.8 Å². The fraction of sp³-hybridized carbons (Fsp3) is 0.529. The number of amides is 2. The highest BCUT2D eigenvalue weighted by molar-refractivity contribution is 5.96. The molecule has 0 aromatic heterocycles. The highest BCUT2D eigenvalue weighted by atomic mass is 16.7. The summed E-state index contributed by atoms with van der Waals surface area (Å²) < 4.78 is 10.4. The zero-order valence-electron chi connectivity index (χ0n) is 12.8. The van der Waals surface area contributed by atoms with Crippen molar-refractivity contribution in [1.82, 2.24) is 10.9 Å². The second-order valence-corrected chi connectivity index (χ2v) is 6.71. The Morgan fingerprint density at radius 2 is 1.96 bits per heavy atom. The number of fused-ring (bicyclic) bond motifs is 3. The van der Waals surface area contributed by atoms with E-state index in [0.29, 0.717) is 35.3 Å². The molecule has 1 aromatic rings. The Hall–Kier alpha value is -2.24. The number of hydrogen-bond acceptors (Lipinski definition) is 4. The number of ether oxygens (including phenoxy) is 2. The van der Waals surface area contributed by atoms with E-state index in [2.05, 4.69) is 10.9 Å². The first-order valence-electron chi connectivity index (χ1n) is 8.18. The van der Waals surface area contributed by atoms with Crippen LogP contribution in [0.2, 0.25) is 0 Å². The topological polar surface area (TPSA) is 76.7 Å². The van der Waals surface area contributed by atoms with Crippen molar-refractivity contribution in [3.05, 3.63) is 23.8 Å². The summed E-state index contributed by atoms with van der Waals surface area (Å²) >= 11 is 0. The number of carbonyl (C=O) groups excluding carboxylic acids is 2. The van der Waals surface area contributed by atoms with E-state index in [0.717, 1.165) is 12.3 Å². The van der Waals surface area contributed by atoms with Crippen molar-refractivity contribution in [3.8, 4) is 11.5 Å². The average molecular weight is 316 g/mol. The summed E-state index contributed by atoms with van der Waals surface area (Å²) in [5, 5.41) is 0. The summed E-state index contributed by atoms with van der Waals surface area (Å²) in [6.07, 6.45) is 5.52. The van der Waals surface area contributed by atoms with Gasteiger partial charge < -0.3 is 9.47 Å². The first kappa shape index (κ1) is 14.4. The molecule has 3 aliphatic rings. The van der Waals surface area contributed by atoms with Crippen LogP contribution in [0.3, 0.4) is 0 Å². The summed E-state index contributed by atoms with van der Waals surface area (Å²) in [5.41, 5.74) is 5.42. The number of benzene rings is 1. The van der Waals surface area contributed by atoms with Crippen molar-refractivity contribution in [2.24, 2.45) is 17.8 Å². The molecule has 4 rings (SSSR count). The maximum absolute atomic E-state index is 12.1. The van der Waals surface area contributed by atoms with Crippen molar-refractivity contribution >= 4 is 11.8 Å². The second kappa shape index (κ2) is 5.76. The van der Waals surface area contributed by atoms with Crippen LogP contribution >= 0.6 is 0 Å². The van der Waals surface area contributed by atoms with Gasteiger partial charge in [0.1, 0.15) is 0 Å². The Kier molecular flexibility index (Phi) is 3.59. The normalized spacial score (nSPS) is 27.0. The Labute approximate surface area is 134 Å². The lowest BCUT2D eigenvalue weighted by Crippen LogP contribution is -2.42. The lowest BCUT2D eigenvalue weighted by Gasteiger charge is -2.20. The summed E-state index contributed by atoms with van der Waals surface area (Å²) in [5.74, 6) is 2.71. The van der Waals surface area contributed by atoms with E-state index in [4.69, 9.17) is 9.47 Å². The van der Waals surface area contributed by atoms with Crippen LogP contribution in [0.1, 0.15) is 42.5 Å². The van der Waals surface area contributed by atoms with Crippen LogP contribution in [0.4, 0.5) is 0 Å². The molecule has 2 fully saturated rings. The van der Waals surface area contributed by atoms with Crippen LogP contribution in [-0.4, -0.2) is 18.6 Å². The van der Waals surface area contributed by atoms with Crippen LogP contribution in [0.5, 0.6) is 11.5 Å². The SMILES string of the molecule is O=C(C[C@H]1C[C@@H]2CC[C@@H]1C2)NNC(=O)c1ccc2c(c1)OCO2. The molecule has 6 heteroatoms. The standard InChI is InChI=1S/C17H20N2O4/c20-16(8-13-6-10-1-2-11(13)5-10)18-19-17(21)12-3-4-14-15(7-12)23-9-22-14/h3-4,7,10-11,13H,1-2,5-6,8-9H2,(H,18,20)(H,19,21)/t10-,11-,13-/m1/s1. The summed E-state index contributed by atoms with van der Waals surface area (Å²) in [6.45, 7) is 0.167. The molecule has 2 saturated carbocycles. The van der Waals surface area contributed by atoms with Gasteiger partial charge in [-0.1, -0.05) is 6.42 Å². The molecule has 1 heterocycles. The Balaban J connectivity index is 1.28. The Morgan fingerprint density at radius 1 is 1.09 bits per heavy atom. The van der Waals surface area contributed by atoms with Gasteiger partial charge in [-0.25, -0.2) is 0 Å². The average Bonchev–Trinajstić information content (AvgIpc) is 3.27. The fourth-order valence-corrected chi connectivity index (χ4v) is 4.15. The van der Waals surface area contributed by atoms with Crippen LogP contribution in [0.15, 0.2) is 18.2 Å². The Bertz CT molecular complexity index is 645. The molecule has 2 amide bonds. The molecule has 23 heavy (non-hydrogen) atoms. The van der Waals surface area contributed by atoms with Gasteiger partial charge in [-0.15, -0.1) is 0 Å². The summed E-state index contributed by atoms with van der Waals surface area (Å²) in [6, 6.07) is 4.94. The third kappa shape index (κ3) is 2.85. The third-order valence-electron chi connectivity index (χ3n) is 5.28. The molecule has 1 aromatic carbocycles. The van der Waals surface area contributed by atoms with Gasteiger partial charge in [-0.2, -0.15) is 0 Å². The van der Waals surface area contributed by atoms with Gasteiger partial charge in [0.25, 0.3) is 5.91 Å². The van der Waals surface area contributed by atoms with Crippen molar-refractivity contribution in [2.75, 3.05) is 6.79 Å². The van der Waals surface area contributed by atoms with Gasteiger partial charge in [0, 0.05) is 12.0 Å². The predicted molar refractivity (Wildman–Crippen MR) is 81.7 cm³/mol. The number of hydrogen-bond donors (Lipinski definition) is 2. The number of carbonyl (C=O) groups is 2. The smallest absolute Gasteiger partial charge is 0.269 e. The van der Waals surface area contributed by atoms with Gasteiger partial charge >= 0.3 is 0 Å². The molecule has 2 N–H and O–H groups in total. The summed E-state index contributed by atoms with van der Waals surface area (Å²) in [7, 11) is 0. The van der Waals surface area contributed by atoms with E-state index < -0.39 is 0 Å². The molecule has 3 atom stereocenters. The van der Waals surface area contributed by atoms with Crippen LogP contribution < -0.4 is 20.3 Å². The lowest BCUT2D eigenvalue weighted by atomic mass is 9.86. The first-order chi connectivity index (χ1) is 11.2. The molecule has 0 saturated heterocycles. The van der Waals surface area contributed by atoms with Crippen molar-refractivity contribution < 1.29 is 19.1 Å². The van der Waals surface area contributed by atoms with Gasteiger partial charge in [0.15, 0.2) is 11.5 Å². The summed E-state index contributed by atoms with van der Waals surface area (Å²) in [4.78, 5) is 24.1. The molecular formula is C17H20N2O4. The zero-order chi connectivity index (χ0) is 15.8. The largest absolute Gasteiger partial charge is 0.454 e. The molecule has 2 aliphatic carbocycles. The van der Waals surface area contributed by atoms with Crippen LogP contribution in [0.25, 0.3) is 0 Å². The van der Waals surface area contributed by atoms with Gasteiger partial charge in [0.2, 0.25) is 12.7 Å². The number of hydrazine groups is 1. The zero-order valence-corrected chi connectivity index (χ0v) is 12.8. The molecule has 122 valence electrons. The molecule has 1 aliphatic heterocycles. The van der Waals surface area contributed by atoms with E-state index in [-0.39, 0.29) is 18.6 Å². The van der Waals surface area contributed by atoms with E-state index >= 15 is 0 Å². The number of nitrogens with one attached hydrogen (secondary N) is 2. The minimum absolute atomic E-state index is 0.114. The van der Waals surface area contributed by atoms with E-state index in [1.165, 1.54) is 19.3 Å². The maximum atomic E-state index is 12.1. The molecule has 6 nitrogen and oxygen atoms in total. The van der Waals surface area contributed by atoms with Gasteiger partial charge in [0.05, 0.1) is 0 Å². The molecule has 2 bridgehead atoms. The quantitative estimate of drug-likeness (QED) is 0.836. The second-order valence-electron chi connectivity index (χ2n) is 6.71. The fourth-order valence-electron chi connectivity index (χ4n) is 4.15. The van der Waals surface area contributed by atoms with Crippen molar-refractivity contribution in [2.45, 2.75) is 32.1 Å². The molecule has 0 unspecified atom stereocenters. The molecule has 0 radical (unpaired) electrons. The lowest BCUT2D eigenvalue weighted by molar-refractivity contribution is -0.123. The van der Waals surface area contributed by atoms with Crippen molar-refractivity contribution in [3.63, 3.8) is 0 Å². The van der Waals surface area contributed by atoms with Crippen molar-refractivity contribution in [1.29, 1.82) is 0 Å². The maximum Gasteiger partial charge on any atom is 0.269 e. The van der Waals surface area contributed by atoms with Crippen LogP contribution in [-0.2, 0) is 4.79 Å². The third-order valence-corrected chi connectivity index (χ3v) is 5.28. The van der Waals surface area contributed by atoms with Gasteiger partial charge in [-0.05, 0) is 55.2 Å².